The van der Waals surface area contributed by atoms with Gasteiger partial charge in [0.15, 0.2) is 5.84 Å². The molecule has 2 aromatic rings. The maximum absolute atomic E-state index is 12.9. The van der Waals surface area contributed by atoms with Crippen molar-refractivity contribution >= 4 is 29.1 Å². The van der Waals surface area contributed by atoms with Gasteiger partial charge >= 0.3 is 11.7 Å². The van der Waals surface area contributed by atoms with Gasteiger partial charge < -0.3 is 15.3 Å². The number of methoxy groups -OCH3 is 1. The maximum atomic E-state index is 12.9. The van der Waals surface area contributed by atoms with Crippen LogP contribution in [0, 0.1) is 27.4 Å². The number of oxime groups is 1. The van der Waals surface area contributed by atoms with Gasteiger partial charge in [-0.05, 0) is 74.0 Å². The minimum Gasteiger partial charge on any atom is -0.496 e. The number of hydrogen-bond acceptors (Lipinski definition) is 7. The van der Waals surface area contributed by atoms with Crippen LogP contribution in [0.4, 0.5) is 5.69 Å². The molecule has 2 unspecified atom stereocenters. The molecule has 180 valence electrons. The number of halogens is 1. The van der Waals surface area contributed by atoms with Crippen LogP contribution >= 0.6 is 11.6 Å². The SMILES string of the molecule is COc1ccc(Cl)cc1/C(N)=N/OC(=O)CC12CC3CC(C1)CC(n1cc([N+](=O)[O-])cn1)(C3)C2. The van der Waals surface area contributed by atoms with Gasteiger partial charge in [0.05, 0.1) is 29.6 Å². The largest absolute Gasteiger partial charge is 0.496 e. The van der Waals surface area contributed by atoms with E-state index in [1.54, 1.807) is 22.9 Å². The molecular weight excluding hydrogens is 462 g/mol. The molecule has 4 aliphatic rings. The van der Waals surface area contributed by atoms with Crippen LogP contribution in [0.25, 0.3) is 0 Å². The second-order valence-electron chi connectivity index (χ2n) is 10.0. The van der Waals surface area contributed by atoms with Crippen molar-refractivity contribution in [1.82, 2.24) is 9.78 Å². The lowest BCUT2D eigenvalue weighted by Gasteiger charge is -2.61. The lowest BCUT2D eigenvalue weighted by atomic mass is 9.46. The first kappa shape index (κ1) is 22.6. The third-order valence-corrected chi connectivity index (χ3v) is 7.85. The Hall–Kier alpha value is -3.14. The fourth-order valence-electron chi connectivity index (χ4n) is 6.91. The van der Waals surface area contributed by atoms with Crippen LogP contribution in [0.5, 0.6) is 5.75 Å². The summed E-state index contributed by atoms with van der Waals surface area (Å²) in [6, 6.07) is 4.93. The van der Waals surface area contributed by atoms with E-state index in [4.69, 9.17) is 26.9 Å². The number of nitro groups is 1. The molecule has 6 rings (SSSR count). The summed E-state index contributed by atoms with van der Waals surface area (Å²) in [6.07, 6.45) is 8.65. The minimum atomic E-state index is -0.451. The molecule has 4 bridgehead atoms. The molecule has 4 fully saturated rings. The molecule has 2 N–H and O–H groups in total. The van der Waals surface area contributed by atoms with E-state index in [9.17, 15) is 14.9 Å². The lowest BCUT2D eigenvalue weighted by Crippen LogP contribution is -2.57. The Morgan fingerprint density at radius 3 is 2.74 bits per heavy atom. The Morgan fingerprint density at radius 2 is 2.09 bits per heavy atom. The number of carbonyl (C=O) groups is 1. The Bertz CT molecular complexity index is 1160. The smallest absolute Gasteiger partial charge is 0.335 e. The fraction of sp³-hybridized carbons (Fsp3) is 0.522. The molecule has 1 heterocycles. The zero-order valence-corrected chi connectivity index (χ0v) is 19.5. The molecule has 0 spiro atoms. The van der Waals surface area contributed by atoms with Crippen molar-refractivity contribution < 1.29 is 19.3 Å². The van der Waals surface area contributed by atoms with Gasteiger partial charge in [0, 0.05) is 5.02 Å². The number of amidine groups is 1. The zero-order valence-electron chi connectivity index (χ0n) is 18.8. The summed E-state index contributed by atoms with van der Waals surface area (Å²) in [7, 11) is 1.50. The second kappa shape index (κ2) is 8.26. The first-order valence-corrected chi connectivity index (χ1v) is 11.7. The molecule has 10 nitrogen and oxygen atoms in total. The molecule has 0 saturated heterocycles. The maximum Gasteiger partial charge on any atom is 0.335 e. The summed E-state index contributed by atoms with van der Waals surface area (Å²) in [4.78, 5) is 28.9. The first-order valence-electron chi connectivity index (χ1n) is 11.3. The first-order chi connectivity index (χ1) is 16.2. The van der Waals surface area contributed by atoms with Gasteiger partial charge in [-0.1, -0.05) is 16.8 Å². The minimum absolute atomic E-state index is 0.00136. The topological polar surface area (TPSA) is 135 Å². The highest BCUT2D eigenvalue weighted by Crippen LogP contribution is 2.65. The Kier molecular flexibility index (Phi) is 5.50. The molecule has 0 amide bonds. The van der Waals surface area contributed by atoms with Crippen molar-refractivity contribution in [2.24, 2.45) is 28.1 Å². The van der Waals surface area contributed by atoms with E-state index in [1.165, 1.54) is 19.5 Å². The molecule has 0 radical (unpaired) electrons. The standard InChI is InChI=1S/C23H26ClN5O5/c1-33-19-3-2-16(24)5-18(19)21(25)27-34-20(30)10-22-6-14-4-15(7-22)9-23(8-14,13-22)28-12-17(11-26-28)29(31)32/h2-3,5,11-12,14-15H,4,6-10,13H2,1H3,(H2,25,27). The van der Waals surface area contributed by atoms with Crippen LogP contribution < -0.4 is 10.5 Å². The van der Waals surface area contributed by atoms with Gasteiger partial charge in [-0.15, -0.1) is 0 Å². The van der Waals surface area contributed by atoms with Crippen LogP contribution in [0.2, 0.25) is 5.02 Å². The number of hydrogen-bond donors (Lipinski definition) is 1. The number of nitrogens with two attached hydrogens (primary N) is 1. The number of carbonyl (C=O) groups excluding carboxylic acids is 1. The number of ether oxygens (including phenoxy) is 1. The molecule has 4 aliphatic carbocycles. The summed E-state index contributed by atoms with van der Waals surface area (Å²) in [5, 5.41) is 19.9. The third kappa shape index (κ3) is 4.00. The van der Waals surface area contributed by atoms with E-state index in [-0.39, 0.29) is 28.9 Å². The van der Waals surface area contributed by atoms with Gasteiger partial charge in [0.25, 0.3) is 0 Å². The lowest BCUT2D eigenvalue weighted by molar-refractivity contribution is -0.385. The predicted molar refractivity (Wildman–Crippen MR) is 123 cm³/mol. The summed E-state index contributed by atoms with van der Waals surface area (Å²) < 4.78 is 7.06. The van der Waals surface area contributed by atoms with Crippen molar-refractivity contribution in [3.8, 4) is 5.75 Å². The molecule has 2 atom stereocenters. The van der Waals surface area contributed by atoms with Gasteiger partial charge in [0.2, 0.25) is 0 Å². The van der Waals surface area contributed by atoms with Crippen molar-refractivity contribution in [2.45, 2.75) is 50.5 Å². The number of rotatable bonds is 7. The van der Waals surface area contributed by atoms with Gasteiger partial charge in [0.1, 0.15) is 18.1 Å². The molecule has 0 aliphatic heterocycles. The van der Waals surface area contributed by atoms with Crippen LogP contribution in [0.1, 0.15) is 50.5 Å². The van der Waals surface area contributed by atoms with Crippen LogP contribution in [0.15, 0.2) is 35.7 Å². The summed E-state index contributed by atoms with van der Waals surface area (Å²) in [5.41, 5.74) is 5.94. The van der Waals surface area contributed by atoms with Gasteiger partial charge in [-0.25, -0.2) is 4.79 Å². The van der Waals surface area contributed by atoms with Crippen molar-refractivity contribution in [3.63, 3.8) is 0 Å². The highest BCUT2D eigenvalue weighted by molar-refractivity contribution is 6.31. The van der Waals surface area contributed by atoms with E-state index >= 15 is 0 Å². The second-order valence-corrected chi connectivity index (χ2v) is 10.5. The highest BCUT2D eigenvalue weighted by atomic mass is 35.5. The number of nitrogens with zero attached hydrogens (tertiary/aromatic N) is 4. The summed E-state index contributed by atoms with van der Waals surface area (Å²) in [5.74, 6) is 0.937. The summed E-state index contributed by atoms with van der Waals surface area (Å²) >= 11 is 6.05. The van der Waals surface area contributed by atoms with E-state index in [1.807, 2.05) is 0 Å². The molecule has 34 heavy (non-hydrogen) atoms. The summed E-state index contributed by atoms with van der Waals surface area (Å²) in [6.45, 7) is 0. The van der Waals surface area contributed by atoms with Crippen LogP contribution in [-0.4, -0.2) is 33.6 Å². The van der Waals surface area contributed by atoms with E-state index in [2.05, 4.69) is 10.3 Å². The average Bonchev–Trinajstić information content (AvgIpc) is 3.28. The van der Waals surface area contributed by atoms with E-state index in [0.717, 1.165) is 38.5 Å². The van der Waals surface area contributed by atoms with Crippen molar-refractivity contribution in [3.05, 3.63) is 51.3 Å². The molecule has 4 saturated carbocycles. The fourth-order valence-corrected chi connectivity index (χ4v) is 7.08. The van der Waals surface area contributed by atoms with Crippen molar-refractivity contribution in [1.29, 1.82) is 0 Å². The molecule has 1 aromatic carbocycles. The quantitative estimate of drug-likeness (QED) is 0.205. The zero-order chi connectivity index (χ0) is 24.1. The molecule has 11 heteroatoms. The Balaban J connectivity index is 1.33. The van der Waals surface area contributed by atoms with Crippen LogP contribution in [-0.2, 0) is 15.2 Å². The predicted octanol–water partition coefficient (Wildman–Crippen LogP) is 4.00. The average molecular weight is 488 g/mol. The van der Waals surface area contributed by atoms with Gasteiger partial charge in [-0.2, -0.15) is 5.10 Å². The van der Waals surface area contributed by atoms with Gasteiger partial charge in [-0.3, -0.25) is 14.8 Å². The Morgan fingerprint density at radius 1 is 1.35 bits per heavy atom. The third-order valence-electron chi connectivity index (χ3n) is 7.62. The van der Waals surface area contributed by atoms with E-state index in [0.29, 0.717) is 28.2 Å². The monoisotopic (exact) mass is 487 g/mol. The van der Waals surface area contributed by atoms with E-state index < -0.39 is 10.9 Å². The number of benzene rings is 1. The highest BCUT2D eigenvalue weighted by Gasteiger charge is 2.59. The Labute approximate surface area is 201 Å². The molecule has 1 aromatic heterocycles. The normalized spacial score (nSPS) is 29.8. The molecular formula is C23H26ClN5O5. The van der Waals surface area contributed by atoms with Crippen LogP contribution in [0.3, 0.4) is 0 Å². The van der Waals surface area contributed by atoms with Crippen molar-refractivity contribution in [2.75, 3.05) is 7.11 Å². The number of aromatic nitrogens is 2.